The summed E-state index contributed by atoms with van der Waals surface area (Å²) in [5.41, 5.74) is 0.244. The number of aryl methyl sites for hydroxylation is 1. The van der Waals surface area contributed by atoms with E-state index in [9.17, 15) is 90.7 Å². The van der Waals surface area contributed by atoms with Crippen molar-refractivity contribution in [2.75, 3.05) is 40.1 Å². The number of aliphatic hydroxyl groups excluding tert-OH is 12. The number of carboxylic acid groups (broad SMARTS) is 1. The van der Waals surface area contributed by atoms with E-state index in [1.165, 1.54) is 25.3 Å². The van der Waals surface area contributed by atoms with Crippen LogP contribution in [0.1, 0.15) is 74.2 Å². The van der Waals surface area contributed by atoms with E-state index in [2.05, 4.69) is 15.4 Å². The van der Waals surface area contributed by atoms with Gasteiger partial charge >= 0.3 is 11.9 Å². The Morgan fingerprint density at radius 3 is 1.92 bits per heavy atom. The summed E-state index contributed by atoms with van der Waals surface area (Å²) in [6.07, 6.45) is -33.1. The van der Waals surface area contributed by atoms with E-state index < -0.39 is 185 Å². The number of aromatic hydroxyl groups is 1. The number of rotatable bonds is 26. The molecule has 1 aromatic carbocycles. The molecule has 5 rings (SSSR count). The van der Waals surface area contributed by atoms with Gasteiger partial charge < -0.3 is 125 Å². The first kappa shape index (κ1) is 62.9. The van der Waals surface area contributed by atoms with Gasteiger partial charge in [-0.2, -0.15) is 0 Å². The largest absolute Gasteiger partial charge is 0.507 e. The first-order valence-corrected chi connectivity index (χ1v) is 24.9. The number of aliphatic carboxylic acids is 1. The number of nitrogens with one attached hydrogen (secondary N) is 2. The van der Waals surface area contributed by atoms with Gasteiger partial charge in [-0.3, -0.25) is 14.4 Å². The van der Waals surface area contributed by atoms with Crippen molar-refractivity contribution in [3.8, 4) is 5.75 Å². The van der Waals surface area contributed by atoms with E-state index in [1.54, 1.807) is 6.92 Å². The quantitative estimate of drug-likeness (QED) is 0.0303. The third-order valence-corrected chi connectivity index (χ3v) is 13.6. The molecule has 434 valence electrons. The second-order valence-corrected chi connectivity index (χ2v) is 19.1. The Morgan fingerprint density at radius 2 is 1.32 bits per heavy atom. The van der Waals surface area contributed by atoms with Crippen molar-refractivity contribution in [3.63, 3.8) is 0 Å². The normalized spacial score (nSPS) is 36.7. The molecule has 0 saturated carbocycles. The van der Waals surface area contributed by atoms with Gasteiger partial charge in [0, 0.05) is 26.4 Å². The molecule has 76 heavy (non-hydrogen) atoms. The lowest BCUT2D eigenvalue weighted by molar-refractivity contribution is -0.391. The highest BCUT2D eigenvalue weighted by atomic mass is 16.8. The summed E-state index contributed by atoms with van der Waals surface area (Å²) < 4.78 is 52.6. The molecule has 4 fully saturated rings. The standard InChI is InChI=1S/C47H74N2O27/c1-20-11-12-23(55)22(14-20)42(65)49-31-40(74-44-36(63)35(62)33(60)26(17-51)70-44)38(28(19-53)72-43(31)69-13-9-7-5-4-6-8-10-29(58)68-3)73-45-37(64)41(34(61)27(18-52)71-45)76-47(46(66)67)15-24(56)30(48-21(2)54)39(75-47)32(59)25(57)16-50/h11-12,14,24-28,30-41,43-45,50-53,55-57,59-64H,4-10,13,15-19H2,1-3H3,(H,48,54)(H,49,65)(H,66,67)/t24?,25?,26?,27?,28?,30-,31?,32?,33+,34-,35?,36?,37?,38+,39?,40?,41?,43-,44+,45?,47+/m1/s1. The minimum atomic E-state index is -3.19. The molecule has 21 atom stereocenters. The van der Waals surface area contributed by atoms with E-state index in [0.717, 1.165) is 19.8 Å². The van der Waals surface area contributed by atoms with Crippen LogP contribution in [0.3, 0.4) is 0 Å². The number of carbonyl (C=O) groups excluding carboxylic acids is 3. The molecule has 4 heterocycles. The number of methoxy groups -OCH3 is 1. The van der Waals surface area contributed by atoms with E-state index in [1.807, 2.05) is 0 Å². The van der Waals surface area contributed by atoms with Crippen molar-refractivity contribution in [3.05, 3.63) is 29.3 Å². The highest BCUT2D eigenvalue weighted by molar-refractivity contribution is 5.97. The molecular weight excluding hydrogens is 1020 g/mol. The molecule has 16 N–H and O–H groups in total. The van der Waals surface area contributed by atoms with Crippen LogP contribution in [0.2, 0.25) is 0 Å². The number of carbonyl (C=O) groups is 4. The minimum absolute atomic E-state index is 0.0740. The molecule has 2 amide bonds. The third-order valence-electron chi connectivity index (χ3n) is 13.6. The molecule has 4 aliphatic rings. The predicted octanol–water partition coefficient (Wildman–Crippen LogP) is -6.02. The molecule has 29 heteroatoms. The summed E-state index contributed by atoms with van der Waals surface area (Å²) in [6, 6.07) is 0.737. The number of esters is 1. The summed E-state index contributed by atoms with van der Waals surface area (Å²) in [7, 11) is 1.30. The second-order valence-electron chi connectivity index (χ2n) is 19.1. The molecule has 0 aliphatic carbocycles. The number of hydrogen-bond donors (Lipinski definition) is 16. The monoisotopic (exact) mass is 1100 g/mol. The molecule has 29 nitrogen and oxygen atoms in total. The number of carboxylic acids is 1. The maximum absolute atomic E-state index is 14.2. The molecule has 1 aromatic rings. The lowest BCUT2D eigenvalue weighted by Crippen LogP contribution is -2.71. The fraction of sp³-hybridized carbons (Fsp3) is 0.787. The topological polar surface area (TPSA) is 459 Å². The van der Waals surface area contributed by atoms with Crippen LogP contribution in [0.25, 0.3) is 0 Å². The van der Waals surface area contributed by atoms with Gasteiger partial charge in [0.25, 0.3) is 11.7 Å². The number of hydrogen-bond acceptors (Lipinski definition) is 26. The first-order chi connectivity index (χ1) is 36.1. The number of aliphatic hydroxyl groups is 12. The molecule has 0 aromatic heterocycles. The van der Waals surface area contributed by atoms with E-state index in [4.69, 9.17) is 37.9 Å². The predicted molar refractivity (Wildman–Crippen MR) is 249 cm³/mol. The van der Waals surface area contributed by atoms with Crippen molar-refractivity contribution in [1.29, 1.82) is 0 Å². The fourth-order valence-corrected chi connectivity index (χ4v) is 9.38. The zero-order valence-electron chi connectivity index (χ0n) is 42.0. The molecule has 0 bridgehead atoms. The number of amides is 2. The maximum atomic E-state index is 14.2. The van der Waals surface area contributed by atoms with Gasteiger partial charge in [0.2, 0.25) is 5.91 Å². The van der Waals surface area contributed by atoms with E-state index in [-0.39, 0.29) is 24.6 Å². The summed E-state index contributed by atoms with van der Waals surface area (Å²) in [6.45, 7) is -1.60. The Labute approximate surface area is 435 Å². The zero-order chi connectivity index (χ0) is 56.2. The van der Waals surface area contributed by atoms with Crippen LogP contribution in [0.4, 0.5) is 0 Å². The Kier molecular flexibility index (Phi) is 23.9. The van der Waals surface area contributed by atoms with Gasteiger partial charge in [0.1, 0.15) is 97.2 Å². The van der Waals surface area contributed by atoms with Crippen molar-refractivity contribution in [2.24, 2.45) is 0 Å². The number of ether oxygens (including phenoxy) is 9. The van der Waals surface area contributed by atoms with Crippen LogP contribution in [0.5, 0.6) is 5.75 Å². The number of unbranched alkanes of at least 4 members (excludes halogenated alkanes) is 5. The van der Waals surface area contributed by atoms with Crippen LogP contribution in [-0.4, -0.2) is 264 Å². The van der Waals surface area contributed by atoms with Gasteiger partial charge in [-0.05, 0) is 31.9 Å². The Balaban J connectivity index is 1.53. The molecule has 14 unspecified atom stereocenters. The number of phenolic OH excluding ortho intramolecular Hbond substituents is 1. The molecular formula is C47H74N2O27. The lowest BCUT2D eigenvalue weighted by Gasteiger charge is -2.51. The fourth-order valence-electron chi connectivity index (χ4n) is 9.38. The summed E-state index contributed by atoms with van der Waals surface area (Å²) in [5.74, 6) is -7.86. The Bertz CT molecular complexity index is 2020. The molecule has 4 saturated heterocycles. The maximum Gasteiger partial charge on any atom is 0.364 e. The number of phenols is 1. The average Bonchev–Trinajstić information content (AvgIpc) is 3.39. The minimum Gasteiger partial charge on any atom is -0.507 e. The highest BCUT2D eigenvalue weighted by Crippen LogP contribution is 2.39. The smallest absolute Gasteiger partial charge is 0.364 e. The average molecular weight is 1100 g/mol. The van der Waals surface area contributed by atoms with Crippen molar-refractivity contribution in [2.45, 2.75) is 194 Å². The second kappa shape index (κ2) is 28.8. The lowest BCUT2D eigenvalue weighted by atomic mass is 9.88. The van der Waals surface area contributed by atoms with Crippen LogP contribution in [-0.2, 0) is 57.0 Å². The van der Waals surface area contributed by atoms with Crippen LogP contribution >= 0.6 is 0 Å². The van der Waals surface area contributed by atoms with Gasteiger partial charge in [-0.15, -0.1) is 0 Å². The number of benzene rings is 1. The Hall–Kier alpha value is -3.90. The van der Waals surface area contributed by atoms with Gasteiger partial charge in [0.15, 0.2) is 18.9 Å². The zero-order valence-corrected chi connectivity index (χ0v) is 42.0. The molecule has 0 spiro atoms. The first-order valence-electron chi connectivity index (χ1n) is 24.9. The van der Waals surface area contributed by atoms with Crippen LogP contribution in [0, 0.1) is 6.92 Å². The summed E-state index contributed by atoms with van der Waals surface area (Å²) in [4.78, 5) is 51.0. The molecule has 0 radical (unpaired) electrons. The third kappa shape index (κ3) is 15.3. The van der Waals surface area contributed by atoms with Crippen molar-refractivity contribution in [1.82, 2.24) is 10.6 Å². The Morgan fingerprint density at radius 1 is 0.724 bits per heavy atom. The molecule has 4 aliphatic heterocycles. The summed E-state index contributed by atoms with van der Waals surface area (Å²) >= 11 is 0. The highest BCUT2D eigenvalue weighted by Gasteiger charge is 2.61. The SMILES string of the molecule is COC(=O)CCCCCCCCO[C@@H]1OC(CO)[C@H](OC2OC(CO)[C@@H](O)C(O[C@]3(C(=O)O)CC(O)[C@@H](NC(C)=O)C(C(O)C(O)CO)O3)C2O)C(O[C@@H]2OC(CO)[C@H](O)C(O)C2O)C1NC(=O)c1cc(C)ccc1O. The van der Waals surface area contributed by atoms with Crippen molar-refractivity contribution < 1.29 is 133 Å². The van der Waals surface area contributed by atoms with Gasteiger partial charge in [0.05, 0.1) is 51.2 Å². The van der Waals surface area contributed by atoms with Crippen LogP contribution < -0.4 is 10.6 Å². The van der Waals surface area contributed by atoms with E-state index >= 15 is 0 Å². The van der Waals surface area contributed by atoms with Gasteiger partial charge in [-0.1, -0.05) is 37.3 Å². The van der Waals surface area contributed by atoms with Gasteiger partial charge in [-0.25, -0.2) is 4.79 Å². The van der Waals surface area contributed by atoms with Crippen LogP contribution in [0.15, 0.2) is 18.2 Å². The van der Waals surface area contributed by atoms with Crippen molar-refractivity contribution >= 4 is 23.8 Å². The summed E-state index contributed by atoms with van der Waals surface area (Å²) in [5, 5.41) is 156. The van der Waals surface area contributed by atoms with E-state index in [0.29, 0.717) is 31.2 Å².